The number of aromatic nitrogens is 1. The molecule has 0 saturated carbocycles. The van der Waals surface area contributed by atoms with Crippen molar-refractivity contribution < 1.29 is 9.59 Å². The van der Waals surface area contributed by atoms with Crippen molar-refractivity contribution in [2.45, 2.75) is 12.8 Å². The first-order valence-corrected chi connectivity index (χ1v) is 8.06. The Hall–Kier alpha value is -2.89. The van der Waals surface area contributed by atoms with Crippen LogP contribution >= 0.6 is 0 Å². The van der Waals surface area contributed by atoms with Gasteiger partial charge in [0, 0.05) is 31.2 Å². The second kappa shape index (κ2) is 7.59. The first-order valence-electron chi connectivity index (χ1n) is 8.06. The SMILES string of the molecule is O=C(NCC1CCCNC1=O)c1cnccc1Nc1ccccc1. The number of amides is 2. The number of nitrogens with one attached hydrogen (secondary N) is 3. The number of anilines is 2. The maximum absolute atomic E-state index is 12.5. The largest absolute Gasteiger partial charge is 0.356 e. The number of benzene rings is 1. The molecule has 0 bridgehead atoms. The van der Waals surface area contributed by atoms with Crippen LogP contribution in [-0.4, -0.2) is 29.9 Å². The lowest BCUT2D eigenvalue weighted by Crippen LogP contribution is -2.42. The zero-order valence-corrected chi connectivity index (χ0v) is 13.3. The number of nitrogens with zero attached hydrogens (tertiary/aromatic N) is 1. The number of hydrogen-bond donors (Lipinski definition) is 3. The van der Waals surface area contributed by atoms with E-state index in [1.54, 1.807) is 12.3 Å². The van der Waals surface area contributed by atoms with E-state index in [0.29, 0.717) is 17.8 Å². The smallest absolute Gasteiger partial charge is 0.254 e. The Balaban J connectivity index is 1.67. The Morgan fingerprint density at radius 1 is 1.25 bits per heavy atom. The van der Waals surface area contributed by atoms with Gasteiger partial charge in [-0.3, -0.25) is 14.6 Å². The fourth-order valence-electron chi connectivity index (χ4n) is 2.70. The lowest BCUT2D eigenvalue weighted by Gasteiger charge is -2.22. The Morgan fingerprint density at radius 3 is 2.88 bits per heavy atom. The zero-order chi connectivity index (χ0) is 16.8. The fraction of sp³-hybridized carbons (Fsp3) is 0.278. The maximum atomic E-state index is 12.5. The van der Waals surface area contributed by atoms with Crippen LogP contribution in [0, 0.1) is 5.92 Å². The number of rotatable bonds is 5. The fourth-order valence-corrected chi connectivity index (χ4v) is 2.70. The minimum atomic E-state index is -0.236. The molecule has 3 N–H and O–H groups in total. The van der Waals surface area contributed by atoms with E-state index in [4.69, 9.17) is 0 Å². The molecule has 2 heterocycles. The van der Waals surface area contributed by atoms with Crippen LogP contribution in [0.25, 0.3) is 0 Å². The molecule has 124 valence electrons. The Morgan fingerprint density at radius 2 is 2.08 bits per heavy atom. The highest BCUT2D eigenvalue weighted by Crippen LogP contribution is 2.20. The highest BCUT2D eigenvalue weighted by atomic mass is 16.2. The molecule has 2 amide bonds. The summed E-state index contributed by atoms with van der Waals surface area (Å²) >= 11 is 0. The van der Waals surface area contributed by atoms with Crippen molar-refractivity contribution in [1.29, 1.82) is 0 Å². The van der Waals surface area contributed by atoms with E-state index in [1.807, 2.05) is 30.3 Å². The number of para-hydroxylation sites is 1. The molecule has 1 aliphatic rings. The molecule has 1 aromatic carbocycles. The normalized spacial score (nSPS) is 17.0. The highest BCUT2D eigenvalue weighted by molar-refractivity contribution is 6.00. The van der Waals surface area contributed by atoms with E-state index in [1.165, 1.54) is 6.20 Å². The van der Waals surface area contributed by atoms with Gasteiger partial charge in [0.2, 0.25) is 5.91 Å². The van der Waals surface area contributed by atoms with E-state index in [9.17, 15) is 9.59 Å². The maximum Gasteiger partial charge on any atom is 0.254 e. The molecular formula is C18H20N4O2. The summed E-state index contributed by atoms with van der Waals surface area (Å²) < 4.78 is 0. The summed E-state index contributed by atoms with van der Waals surface area (Å²) in [5.74, 6) is -0.389. The van der Waals surface area contributed by atoms with Crippen LogP contribution in [-0.2, 0) is 4.79 Å². The number of hydrogen-bond acceptors (Lipinski definition) is 4. The Kier molecular flexibility index (Phi) is 5.05. The van der Waals surface area contributed by atoms with Gasteiger partial charge in [0.25, 0.3) is 5.91 Å². The van der Waals surface area contributed by atoms with E-state index in [-0.39, 0.29) is 17.7 Å². The van der Waals surface area contributed by atoms with Crippen molar-refractivity contribution >= 4 is 23.2 Å². The van der Waals surface area contributed by atoms with Crippen LogP contribution in [0.15, 0.2) is 48.8 Å². The van der Waals surface area contributed by atoms with Gasteiger partial charge in [-0.05, 0) is 31.0 Å². The average Bonchev–Trinajstić information content (AvgIpc) is 2.62. The lowest BCUT2D eigenvalue weighted by molar-refractivity contribution is -0.126. The van der Waals surface area contributed by atoms with Crippen LogP contribution in [0.3, 0.4) is 0 Å². The number of pyridine rings is 1. The van der Waals surface area contributed by atoms with Crippen molar-refractivity contribution in [2.75, 3.05) is 18.4 Å². The molecule has 24 heavy (non-hydrogen) atoms. The average molecular weight is 324 g/mol. The van der Waals surface area contributed by atoms with Crippen molar-refractivity contribution in [3.8, 4) is 0 Å². The molecule has 6 nitrogen and oxygen atoms in total. The van der Waals surface area contributed by atoms with Gasteiger partial charge in [-0.1, -0.05) is 18.2 Å². The van der Waals surface area contributed by atoms with Crippen molar-refractivity contribution in [1.82, 2.24) is 15.6 Å². The molecule has 2 aromatic rings. The van der Waals surface area contributed by atoms with Crippen molar-refractivity contribution in [3.63, 3.8) is 0 Å². The minimum Gasteiger partial charge on any atom is -0.356 e. The van der Waals surface area contributed by atoms with Gasteiger partial charge in [0.15, 0.2) is 0 Å². The Bertz CT molecular complexity index is 718. The second-order valence-electron chi connectivity index (χ2n) is 5.75. The topological polar surface area (TPSA) is 83.1 Å². The van der Waals surface area contributed by atoms with E-state index in [0.717, 1.165) is 25.1 Å². The first-order chi connectivity index (χ1) is 11.7. The summed E-state index contributed by atoms with van der Waals surface area (Å²) in [6.45, 7) is 1.06. The lowest BCUT2D eigenvalue weighted by atomic mass is 9.98. The molecule has 1 aromatic heterocycles. The second-order valence-corrected chi connectivity index (χ2v) is 5.75. The third kappa shape index (κ3) is 3.90. The molecule has 0 spiro atoms. The predicted octanol–water partition coefficient (Wildman–Crippen LogP) is 2.08. The molecule has 1 aliphatic heterocycles. The number of carbonyl (C=O) groups excluding carboxylic acids is 2. The summed E-state index contributed by atoms with van der Waals surface area (Å²) in [6, 6.07) is 11.4. The first kappa shape index (κ1) is 16.0. The molecular weight excluding hydrogens is 304 g/mol. The van der Waals surface area contributed by atoms with E-state index < -0.39 is 0 Å². The molecule has 3 rings (SSSR count). The standard InChI is InChI=1S/C18H20N4O2/c23-17-13(5-4-9-20-17)11-21-18(24)15-12-19-10-8-16(15)22-14-6-2-1-3-7-14/h1-3,6-8,10,12-13H,4-5,9,11H2,(H,19,22)(H,20,23)(H,21,24). The van der Waals surface area contributed by atoms with Crippen LogP contribution in [0.2, 0.25) is 0 Å². The molecule has 1 unspecified atom stereocenters. The van der Waals surface area contributed by atoms with Gasteiger partial charge in [-0.2, -0.15) is 0 Å². The minimum absolute atomic E-state index is 0.00960. The molecule has 1 atom stereocenters. The van der Waals surface area contributed by atoms with Gasteiger partial charge in [0.1, 0.15) is 0 Å². The molecule has 1 saturated heterocycles. The summed E-state index contributed by atoms with van der Waals surface area (Å²) in [4.78, 5) is 28.3. The number of carbonyl (C=O) groups is 2. The monoisotopic (exact) mass is 324 g/mol. The van der Waals surface area contributed by atoms with Crippen LogP contribution in [0.5, 0.6) is 0 Å². The Labute approximate surface area is 140 Å². The summed E-state index contributed by atoms with van der Waals surface area (Å²) in [6.07, 6.45) is 4.91. The summed E-state index contributed by atoms with van der Waals surface area (Å²) in [7, 11) is 0. The van der Waals surface area contributed by atoms with Crippen LogP contribution in [0.4, 0.5) is 11.4 Å². The van der Waals surface area contributed by atoms with E-state index in [2.05, 4.69) is 20.9 Å². The third-order valence-electron chi connectivity index (χ3n) is 4.03. The molecule has 0 aliphatic carbocycles. The zero-order valence-electron chi connectivity index (χ0n) is 13.3. The van der Waals surface area contributed by atoms with Gasteiger partial charge >= 0.3 is 0 Å². The molecule has 6 heteroatoms. The number of piperidine rings is 1. The van der Waals surface area contributed by atoms with Gasteiger partial charge < -0.3 is 16.0 Å². The van der Waals surface area contributed by atoms with Gasteiger partial charge in [-0.25, -0.2) is 0 Å². The van der Waals surface area contributed by atoms with Crippen LogP contribution in [0.1, 0.15) is 23.2 Å². The highest BCUT2D eigenvalue weighted by Gasteiger charge is 2.23. The van der Waals surface area contributed by atoms with Gasteiger partial charge in [-0.15, -0.1) is 0 Å². The van der Waals surface area contributed by atoms with Crippen molar-refractivity contribution in [2.24, 2.45) is 5.92 Å². The van der Waals surface area contributed by atoms with Crippen molar-refractivity contribution in [3.05, 3.63) is 54.4 Å². The quantitative estimate of drug-likeness (QED) is 0.786. The molecule has 1 fully saturated rings. The van der Waals surface area contributed by atoms with E-state index >= 15 is 0 Å². The summed E-state index contributed by atoms with van der Waals surface area (Å²) in [5, 5.41) is 8.89. The molecule has 0 radical (unpaired) electrons. The van der Waals surface area contributed by atoms with Crippen LogP contribution < -0.4 is 16.0 Å². The van der Waals surface area contributed by atoms with Gasteiger partial charge in [0.05, 0.1) is 17.2 Å². The third-order valence-corrected chi connectivity index (χ3v) is 4.03. The summed E-state index contributed by atoms with van der Waals surface area (Å²) in [5.41, 5.74) is 2.03. The predicted molar refractivity (Wildman–Crippen MR) is 92.0 cm³/mol.